The summed E-state index contributed by atoms with van der Waals surface area (Å²) in [5, 5.41) is 0. The van der Waals surface area contributed by atoms with E-state index in [2.05, 4.69) is 14.7 Å². The third kappa shape index (κ3) is 4.57. The molecular formula is C22H26N4O4S. The van der Waals surface area contributed by atoms with Crippen LogP contribution < -0.4 is 9.46 Å². The third-order valence-electron chi connectivity index (χ3n) is 5.67. The number of amides is 1. The van der Waals surface area contributed by atoms with Crippen molar-refractivity contribution in [3.63, 3.8) is 0 Å². The van der Waals surface area contributed by atoms with Crippen LogP contribution in [0.15, 0.2) is 53.4 Å². The molecule has 9 heteroatoms. The lowest BCUT2D eigenvalue weighted by molar-refractivity contribution is -0.133. The van der Waals surface area contributed by atoms with E-state index in [1.807, 2.05) is 24.3 Å². The maximum absolute atomic E-state index is 12.8. The molecule has 2 N–H and O–H groups in total. The van der Waals surface area contributed by atoms with Crippen LogP contribution in [0.3, 0.4) is 0 Å². The number of hydrogen-bond donors (Lipinski definition) is 2. The maximum atomic E-state index is 12.8. The number of methoxy groups -OCH3 is 1. The molecule has 0 radical (unpaired) electrons. The zero-order chi connectivity index (χ0) is 22.0. The summed E-state index contributed by atoms with van der Waals surface area (Å²) in [7, 11) is -2.29. The minimum Gasteiger partial charge on any atom is -0.497 e. The van der Waals surface area contributed by atoms with Gasteiger partial charge >= 0.3 is 0 Å². The minimum absolute atomic E-state index is 0.0940. The molecule has 8 nitrogen and oxygen atoms in total. The normalized spacial score (nSPS) is 16.4. The van der Waals surface area contributed by atoms with Crippen LogP contribution in [0.2, 0.25) is 0 Å². The molecule has 1 amide bonds. The summed E-state index contributed by atoms with van der Waals surface area (Å²) in [6.07, 6.45) is 1.56. The van der Waals surface area contributed by atoms with Crippen molar-refractivity contribution in [2.75, 3.05) is 20.2 Å². The first kappa shape index (κ1) is 21.3. The fourth-order valence-corrected chi connectivity index (χ4v) is 5.12. The van der Waals surface area contributed by atoms with Gasteiger partial charge in [-0.05, 0) is 56.2 Å². The number of piperidine rings is 1. The standard InChI is InChI=1S/C22H26N4O4S/c1-15(25-31(28,29)18-9-7-17(30-2)8-10-18)22(27)26-13-11-16(12-14-26)21-23-19-5-3-4-6-20(19)24-21/h3-10,15-16,25H,11-14H2,1-2H3,(H,23,24)/t15-/m0/s1. The average molecular weight is 443 g/mol. The number of carbonyl (C=O) groups is 1. The summed E-state index contributed by atoms with van der Waals surface area (Å²) in [6.45, 7) is 2.71. The van der Waals surface area contributed by atoms with E-state index in [-0.39, 0.29) is 16.7 Å². The molecule has 3 aromatic rings. The van der Waals surface area contributed by atoms with Crippen LogP contribution >= 0.6 is 0 Å². The van der Waals surface area contributed by atoms with Gasteiger partial charge in [0.15, 0.2) is 0 Å². The van der Waals surface area contributed by atoms with Crippen molar-refractivity contribution >= 4 is 27.0 Å². The molecule has 2 heterocycles. The number of H-pyrrole nitrogens is 1. The Balaban J connectivity index is 1.36. The molecule has 4 rings (SSSR count). The van der Waals surface area contributed by atoms with Crippen LogP contribution in [-0.2, 0) is 14.8 Å². The SMILES string of the molecule is COc1ccc(S(=O)(=O)N[C@@H](C)C(=O)N2CCC(c3nc4ccccc4[nH]3)CC2)cc1. The van der Waals surface area contributed by atoms with Gasteiger partial charge in [0.2, 0.25) is 15.9 Å². The van der Waals surface area contributed by atoms with E-state index >= 15 is 0 Å². The van der Waals surface area contributed by atoms with Crippen molar-refractivity contribution in [2.24, 2.45) is 0 Å². The smallest absolute Gasteiger partial charge is 0.241 e. The minimum atomic E-state index is -3.80. The number of para-hydroxylation sites is 2. The number of likely N-dealkylation sites (tertiary alicyclic amines) is 1. The van der Waals surface area contributed by atoms with Gasteiger partial charge in [-0.15, -0.1) is 0 Å². The van der Waals surface area contributed by atoms with Crippen molar-refractivity contribution in [1.29, 1.82) is 0 Å². The number of ether oxygens (including phenoxy) is 1. The number of aromatic amines is 1. The number of hydrogen-bond acceptors (Lipinski definition) is 5. The molecule has 1 aromatic heterocycles. The van der Waals surface area contributed by atoms with Crippen LogP contribution in [-0.4, -0.2) is 55.4 Å². The zero-order valence-corrected chi connectivity index (χ0v) is 18.4. The molecule has 0 spiro atoms. The Kier molecular flexibility index (Phi) is 5.97. The van der Waals surface area contributed by atoms with E-state index in [4.69, 9.17) is 4.74 Å². The second kappa shape index (κ2) is 8.68. The summed E-state index contributed by atoms with van der Waals surface area (Å²) < 4.78 is 32.8. The Morgan fingerprint density at radius 1 is 1.16 bits per heavy atom. The van der Waals surface area contributed by atoms with Gasteiger partial charge in [0.25, 0.3) is 0 Å². The molecule has 1 fully saturated rings. The van der Waals surface area contributed by atoms with E-state index in [1.54, 1.807) is 24.0 Å². The van der Waals surface area contributed by atoms with Crippen molar-refractivity contribution in [2.45, 2.75) is 36.6 Å². The molecule has 31 heavy (non-hydrogen) atoms. The first-order valence-electron chi connectivity index (χ1n) is 10.3. The van der Waals surface area contributed by atoms with E-state index < -0.39 is 16.1 Å². The molecule has 0 unspecified atom stereocenters. The highest BCUT2D eigenvalue weighted by Crippen LogP contribution is 2.28. The van der Waals surface area contributed by atoms with E-state index in [0.29, 0.717) is 18.8 Å². The molecule has 2 aromatic carbocycles. The molecule has 1 aliphatic heterocycles. The number of imidazole rings is 1. The molecule has 1 atom stereocenters. The molecule has 0 bridgehead atoms. The Labute approximate surface area is 181 Å². The number of benzene rings is 2. The van der Waals surface area contributed by atoms with Crippen LogP contribution in [0, 0.1) is 0 Å². The fourth-order valence-electron chi connectivity index (χ4n) is 3.92. The quantitative estimate of drug-likeness (QED) is 0.611. The molecule has 1 aliphatic rings. The van der Waals surface area contributed by atoms with Gasteiger partial charge in [0.05, 0.1) is 29.1 Å². The van der Waals surface area contributed by atoms with Crippen LogP contribution in [0.5, 0.6) is 5.75 Å². The third-order valence-corrected chi connectivity index (χ3v) is 7.23. The second-order valence-corrected chi connectivity index (χ2v) is 9.47. The highest BCUT2D eigenvalue weighted by Gasteiger charge is 2.30. The number of rotatable bonds is 6. The van der Waals surface area contributed by atoms with Gasteiger partial charge in [-0.1, -0.05) is 12.1 Å². The van der Waals surface area contributed by atoms with Gasteiger partial charge in [0.1, 0.15) is 11.6 Å². The maximum Gasteiger partial charge on any atom is 0.241 e. The Bertz CT molecular complexity index is 1130. The van der Waals surface area contributed by atoms with Crippen molar-refractivity contribution in [1.82, 2.24) is 19.6 Å². The first-order valence-corrected chi connectivity index (χ1v) is 11.8. The lowest BCUT2D eigenvalue weighted by atomic mass is 9.96. The summed E-state index contributed by atoms with van der Waals surface area (Å²) in [5.74, 6) is 1.54. The second-order valence-electron chi connectivity index (χ2n) is 7.76. The lowest BCUT2D eigenvalue weighted by Gasteiger charge is -2.33. The highest BCUT2D eigenvalue weighted by molar-refractivity contribution is 7.89. The van der Waals surface area contributed by atoms with Gasteiger partial charge in [-0.3, -0.25) is 4.79 Å². The number of nitrogens with one attached hydrogen (secondary N) is 2. The molecule has 164 valence electrons. The summed E-state index contributed by atoms with van der Waals surface area (Å²) in [5.41, 5.74) is 1.95. The molecule has 0 saturated carbocycles. The predicted octanol–water partition coefficient (Wildman–Crippen LogP) is 2.64. The van der Waals surface area contributed by atoms with Gasteiger partial charge in [-0.25, -0.2) is 13.4 Å². The number of carbonyl (C=O) groups excluding carboxylic acids is 1. The number of sulfonamides is 1. The first-order chi connectivity index (χ1) is 14.9. The van der Waals surface area contributed by atoms with E-state index in [0.717, 1.165) is 29.7 Å². The van der Waals surface area contributed by atoms with Crippen LogP contribution in [0.4, 0.5) is 0 Å². The van der Waals surface area contributed by atoms with Crippen molar-refractivity contribution < 1.29 is 17.9 Å². The lowest BCUT2D eigenvalue weighted by Crippen LogP contribution is -2.49. The van der Waals surface area contributed by atoms with Crippen molar-refractivity contribution in [3.8, 4) is 5.75 Å². The zero-order valence-electron chi connectivity index (χ0n) is 17.5. The Morgan fingerprint density at radius 2 is 1.84 bits per heavy atom. The van der Waals surface area contributed by atoms with Crippen molar-refractivity contribution in [3.05, 3.63) is 54.4 Å². The summed E-state index contributed by atoms with van der Waals surface area (Å²) >= 11 is 0. The monoisotopic (exact) mass is 442 g/mol. The van der Waals surface area contributed by atoms with Gasteiger partial charge < -0.3 is 14.6 Å². The van der Waals surface area contributed by atoms with E-state index in [1.165, 1.54) is 19.2 Å². The summed E-state index contributed by atoms with van der Waals surface area (Å²) in [4.78, 5) is 22.7. The fraction of sp³-hybridized carbons (Fsp3) is 0.364. The number of fused-ring (bicyclic) bond motifs is 1. The largest absolute Gasteiger partial charge is 0.497 e. The van der Waals surface area contributed by atoms with Gasteiger partial charge in [-0.2, -0.15) is 4.72 Å². The Morgan fingerprint density at radius 3 is 2.48 bits per heavy atom. The van der Waals surface area contributed by atoms with Crippen LogP contribution in [0.1, 0.15) is 31.5 Å². The average Bonchev–Trinajstić information content (AvgIpc) is 3.23. The summed E-state index contributed by atoms with van der Waals surface area (Å²) in [6, 6.07) is 13.1. The predicted molar refractivity (Wildman–Crippen MR) is 117 cm³/mol. The van der Waals surface area contributed by atoms with E-state index in [9.17, 15) is 13.2 Å². The molecular weight excluding hydrogens is 416 g/mol. The molecule has 0 aliphatic carbocycles. The Hall–Kier alpha value is -2.91. The number of nitrogens with zero attached hydrogens (tertiary/aromatic N) is 2. The number of aromatic nitrogens is 2. The highest BCUT2D eigenvalue weighted by atomic mass is 32.2. The van der Waals surface area contributed by atoms with Gasteiger partial charge in [0, 0.05) is 19.0 Å². The van der Waals surface area contributed by atoms with Crippen LogP contribution in [0.25, 0.3) is 11.0 Å². The topological polar surface area (TPSA) is 104 Å². The molecule has 1 saturated heterocycles.